The van der Waals surface area contributed by atoms with Crippen LogP contribution in [0.25, 0.3) is 0 Å². The molecule has 1 aromatic carbocycles. The molecule has 0 spiro atoms. The van der Waals surface area contributed by atoms with Gasteiger partial charge in [0.25, 0.3) is 0 Å². The van der Waals surface area contributed by atoms with E-state index in [4.69, 9.17) is 0 Å². The minimum Gasteiger partial charge on any atom is -0.506 e. The minimum atomic E-state index is -0.272. The first-order valence-electron chi connectivity index (χ1n) is 8.27. The molecule has 1 unspecified atom stereocenters. The van der Waals surface area contributed by atoms with Gasteiger partial charge in [-0.15, -0.1) is 0 Å². The topological polar surface area (TPSA) is 77.5 Å². The lowest BCUT2D eigenvalue weighted by Crippen LogP contribution is -2.40. The van der Waals surface area contributed by atoms with Crippen LogP contribution in [0.3, 0.4) is 0 Å². The Morgan fingerprint density at radius 1 is 1.20 bits per heavy atom. The number of carbonyl (C=O) groups is 1. The highest BCUT2D eigenvalue weighted by atomic mass is 19.1. The lowest BCUT2D eigenvalue weighted by Gasteiger charge is -2.17. The van der Waals surface area contributed by atoms with Crippen LogP contribution < -0.4 is 10.6 Å². The Labute approximate surface area is 145 Å². The maximum absolute atomic E-state index is 12.9. The van der Waals surface area contributed by atoms with Gasteiger partial charge in [0.2, 0.25) is 5.91 Å². The zero-order valence-corrected chi connectivity index (χ0v) is 13.8. The third-order valence-corrected chi connectivity index (χ3v) is 4.15. The van der Waals surface area contributed by atoms with Gasteiger partial charge in [0, 0.05) is 26.2 Å². The fraction of sp³-hybridized carbons (Fsp3) is 0.333. The van der Waals surface area contributed by atoms with Gasteiger partial charge in [-0.2, -0.15) is 0 Å². The fourth-order valence-corrected chi connectivity index (χ4v) is 2.82. The van der Waals surface area contributed by atoms with Gasteiger partial charge in [-0.05, 0) is 36.2 Å². The van der Waals surface area contributed by atoms with Crippen LogP contribution in [0.2, 0.25) is 0 Å². The Morgan fingerprint density at radius 3 is 2.72 bits per heavy atom. The number of amides is 1. The summed E-state index contributed by atoms with van der Waals surface area (Å²) in [6, 6.07) is 9.31. The molecule has 0 bridgehead atoms. The number of nitrogens with zero attached hydrogens (tertiary/aromatic N) is 2. The van der Waals surface area contributed by atoms with Crippen molar-refractivity contribution in [3.05, 3.63) is 54.0 Å². The third-order valence-electron chi connectivity index (χ3n) is 4.15. The molecule has 1 aliphatic rings. The molecule has 2 aromatic rings. The number of nitrogens with one attached hydrogen (secondary N) is 2. The molecule has 132 valence electrons. The molecule has 1 atom stereocenters. The summed E-state index contributed by atoms with van der Waals surface area (Å²) < 4.78 is 12.9. The summed E-state index contributed by atoms with van der Waals surface area (Å²) >= 11 is 0. The standard InChI is InChI=1S/C18H21FN4O2/c19-14-3-1-13(2-4-14)12-23-10-7-16(18(23)25)20-8-9-21-17-6-5-15(24)11-22-17/h1-6,11,16,20,24H,7-10,12H2,(H,21,22). The predicted molar refractivity (Wildman–Crippen MR) is 92.6 cm³/mol. The largest absolute Gasteiger partial charge is 0.506 e. The minimum absolute atomic E-state index is 0.0760. The van der Waals surface area contributed by atoms with E-state index in [0.717, 1.165) is 12.0 Å². The van der Waals surface area contributed by atoms with Crippen molar-refractivity contribution in [3.8, 4) is 5.75 Å². The summed E-state index contributed by atoms with van der Waals surface area (Å²) in [4.78, 5) is 18.2. The summed E-state index contributed by atoms with van der Waals surface area (Å²) in [5, 5.41) is 15.6. The van der Waals surface area contributed by atoms with Crippen molar-refractivity contribution < 1.29 is 14.3 Å². The number of hydrogen-bond acceptors (Lipinski definition) is 5. The second kappa shape index (κ2) is 7.94. The highest BCUT2D eigenvalue weighted by Crippen LogP contribution is 2.15. The van der Waals surface area contributed by atoms with Gasteiger partial charge in [-0.3, -0.25) is 4.79 Å². The number of aromatic hydroxyl groups is 1. The van der Waals surface area contributed by atoms with Gasteiger partial charge >= 0.3 is 0 Å². The second-order valence-corrected chi connectivity index (χ2v) is 6.01. The van der Waals surface area contributed by atoms with Gasteiger partial charge < -0.3 is 20.6 Å². The number of hydrogen-bond donors (Lipinski definition) is 3. The van der Waals surface area contributed by atoms with Crippen LogP contribution in [0.1, 0.15) is 12.0 Å². The van der Waals surface area contributed by atoms with Gasteiger partial charge in [-0.25, -0.2) is 9.37 Å². The lowest BCUT2D eigenvalue weighted by atomic mass is 10.2. The van der Waals surface area contributed by atoms with E-state index < -0.39 is 0 Å². The van der Waals surface area contributed by atoms with Crippen LogP contribution in [0.5, 0.6) is 5.75 Å². The molecule has 1 aliphatic heterocycles. The van der Waals surface area contributed by atoms with Crippen molar-refractivity contribution in [2.45, 2.75) is 19.0 Å². The average Bonchev–Trinajstić information content (AvgIpc) is 2.95. The number of pyridine rings is 1. The van der Waals surface area contributed by atoms with Crippen molar-refractivity contribution in [1.29, 1.82) is 0 Å². The number of halogens is 1. The van der Waals surface area contributed by atoms with Crippen molar-refractivity contribution in [2.75, 3.05) is 25.0 Å². The Bertz CT molecular complexity index is 706. The number of aromatic nitrogens is 1. The third kappa shape index (κ3) is 4.67. The first-order valence-corrected chi connectivity index (χ1v) is 8.27. The molecule has 0 radical (unpaired) electrons. The summed E-state index contributed by atoms with van der Waals surface area (Å²) in [5.41, 5.74) is 0.926. The second-order valence-electron chi connectivity index (χ2n) is 6.01. The lowest BCUT2D eigenvalue weighted by molar-refractivity contribution is -0.129. The van der Waals surface area contributed by atoms with Crippen molar-refractivity contribution in [1.82, 2.24) is 15.2 Å². The van der Waals surface area contributed by atoms with E-state index in [1.54, 1.807) is 29.2 Å². The van der Waals surface area contributed by atoms with E-state index in [0.29, 0.717) is 32.0 Å². The van der Waals surface area contributed by atoms with Crippen LogP contribution in [0.15, 0.2) is 42.6 Å². The highest BCUT2D eigenvalue weighted by Gasteiger charge is 2.30. The van der Waals surface area contributed by atoms with Crippen LogP contribution in [0, 0.1) is 5.82 Å². The molecule has 1 amide bonds. The van der Waals surface area contributed by atoms with Crippen LogP contribution in [0.4, 0.5) is 10.2 Å². The number of anilines is 1. The van der Waals surface area contributed by atoms with Gasteiger partial charge in [0.05, 0.1) is 12.2 Å². The van der Waals surface area contributed by atoms with E-state index in [9.17, 15) is 14.3 Å². The normalized spacial score (nSPS) is 17.1. The number of rotatable bonds is 7. The zero-order valence-electron chi connectivity index (χ0n) is 13.8. The first-order chi connectivity index (χ1) is 12.1. The Morgan fingerprint density at radius 2 is 2.00 bits per heavy atom. The summed E-state index contributed by atoms with van der Waals surface area (Å²) in [5.74, 6) is 0.607. The smallest absolute Gasteiger partial charge is 0.240 e. The molecular formula is C18H21FN4O2. The zero-order chi connectivity index (χ0) is 17.6. The van der Waals surface area contributed by atoms with E-state index in [1.807, 2.05) is 0 Å². The fourth-order valence-electron chi connectivity index (χ4n) is 2.82. The van der Waals surface area contributed by atoms with E-state index >= 15 is 0 Å². The van der Waals surface area contributed by atoms with Crippen LogP contribution in [-0.4, -0.2) is 46.6 Å². The molecule has 25 heavy (non-hydrogen) atoms. The SMILES string of the molecule is O=C1C(NCCNc2ccc(O)cn2)CCN1Cc1ccc(F)cc1. The molecule has 0 aliphatic carbocycles. The maximum Gasteiger partial charge on any atom is 0.240 e. The predicted octanol–water partition coefficient (Wildman–Crippen LogP) is 1.73. The van der Waals surface area contributed by atoms with E-state index in [1.165, 1.54) is 18.3 Å². The quantitative estimate of drug-likeness (QED) is 0.667. The monoisotopic (exact) mass is 344 g/mol. The Kier molecular flexibility index (Phi) is 5.45. The van der Waals surface area contributed by atoms with Gasteiger partial charge in [0.1, 0.15) is 17.4 Å². The van der Waals surface area contributed by atoms with Crippen LogP contribution >= 0.6 is 0 Å². The summed E-state index contributed by atoms with van der Waals surface area (Å²) in [7, 11) is 0. The van der Waals surface area contributed by atoms with Crippen LogP contribution in [-0.2, 0) is 11.3 Å². The highest BCUT2D eigenvalue weighted by molar-refractivity contribution is 5.83. The van der Waals surface area contributed by atoms with Crippen molar-refractivity contribution in [2.24, 2.45) is 0 Å². The molecule has 1 fully saturated rings. The number of likely N-dealkylation sites (tertiary alicyclic amines) is 1. The molecule has 7 heteroatoms. The molecule has 1 aromatic heterocycles. The molecular weight excluding hydrogens is 323 g/mol. The molecule has 0 saturated carbocycles. The summed E-state index contributed by atoms with van der Waals surface area (Å²) in [6.45, 7) is 2.46. The van der Waals surface area contributed by atoms with Crippen molar-refractivity contribution in [3.63, 3.8) is 0 Å². The van der Waals surface area contributed by atoms with E-state index in [-0.39, 0.29) is 23.5 Å². The molecule has 1 saturated heterocycles. The molecule has 2 heterocycles. The number of carbonyl (C=O) groups excluding carboxylic acids is 1. The molecule has 6 nitrogen and oxygen atoms in total. The van der Waals surface area contributed by atoms with Gasteiger partial charge in [0.15, 0.2) is 0 Å². The van der Waals surface area contributed by atoms with E-state index in [2.05, 4.69) is 15.6 Å². The maximum atomic E-state index is 12.9. The molecule has 3 rings (SSSR count). The summed E-state index contributed by atoms with van der Waals surface area (Å²) in [6.07, 6.45) is 2.14. The Balaban J connectivity index is 1.41. The van der Waals surface area contributed by atoms with Crippen molar-refractivity contribution >= 4 is 11.7 Å². The Hall–Kier alpha value is -2.67. The number of benzene rings is 1. The van der Waals surface area contributed by atoms with Gasteiger partial charge in [-0.1, -0.05) is 12.1 Å². The average molecular weight is 344 g/mol. The molecule has 3 N–H and O–H groups in total. The first kappa shape index (κ1) is 17.2.